The lowest BCUT2D eigenvalue weighted by Crippen LogP contribution is -2.13. The Bertz CT molecular complexity index is 634. The highest BCUT2D eigenvalue weighted by Crippen LogP contribution is 2.21. The summed E-state index contributed by atoms with van der Waals surface area (Å²) in [6.07, 6.45) is 4.73. The van der Waals surface area contributed by atoms with Crippen LogP contribution in [0.1, 0.15) is 15.9 Å². The van der Waals surface area contributed by atoms with Gasteiger partial charge in [0.25, 0.3) is 5.91 Å². The van der Waals surface area contributed by atoms with Crippen molar-refractivity contribution in [3.05, 3.63) is 53.6 Å². The molecule has 0 aliphatic heterocycles. The predicted molar refractivity (Wildman–Crippen MR) is 76.3 cm³/mol. The molecule has 0 spiro atoms. The lowest BCUT2D eigenvalue weighted by molar-refractivity contribution is 0.102. The van der Waals surface area contributed by atoms with Gasteiger partial charge in [-0.2, -0.15) is 0 Å². The minimum atomic E-state index is -0.372. The standard InChI is InChI=1S/C14H13FN2O2S/c1-20-13-6-9(2-3-11(13)15)14(19)17-12-7-16-5-4-10(12)8-18/h2-7,18H,8H2,1H3,(H,17,19). The first-order chi connectivity index (χ1) is 9.65. The highest BCUT2D eigenvalue weighted by atomic mass is 32.2. The van der Waals surface area contributed by atoms with Gasteiger partial charge >= 0.3 is 0 Å². The molecule has 0 saturated heterocycles. The quantitative estimate of drug-likeness (QED) is 0.851. The van der Waals surface area contributed by atoms with Crippen LogP contribution in [0.4, 0.5) is 10.1 Å². The third-order valence-electron chi connectivity index (χ3n) is 2.74. The molecular weight excluding hydrogens is 279 g/mol. The number of hydrogen-bond donors (Lipinski definition) is 2. The number of benzene rings is 1. The van der Waals surface area contributed by atoms with Gasteiger partial charge in [-0.15, -0.1) is 11.8 Å². The molecule has 1 aromatic heterocycles. The van der Waals surface area contributed by atoms with Gasteiger partial charge in [0, 0.05) is 22.2 Å². The second-order valence-corrected chi connectivity index (χ2v) is 4.84. The molecule has 0 saturated carbocycles. The van der Waals surface area contributed by atoms with Crippen LogP contribution in [0, 0.1) is 5.82 Å². The Morgan fingerprint density at radius 2 is 2.25 bits per heavy atom. The Morgan fingerprint density at radius 1 is 1.45 bits per heavy atom. The lowest BCUT2D eigenvalue weighted by Gasteiger charge is -2.09. The van der Waals surface area contributed by atoms with Gasteiger partial charge in [0.1, 0.15) is 5.82 Å². The Balaban J connectivity index is 2.24. The number of halogens is 1. The number of aromatic nitrogens is 1. The van der Waals surface area contributed by atoms with Crippen LogP contribution in [0.3, 0.4) is 0 Å². The van der Waals surface area contributed by atoms with E-state index in [0.717, 1.165) is 0 Å². The summed E-state index contributed by atoms with van der Waals surface area (Å²) in [5, 5.41) is 11.8. The number of nitrogens with one attached hydrogen (secondary N) is 1. The fourth-order valence-corrected chi connectivity index (χ4v) is 2.18. The van der Waals surface area contributed by atoms with Crippen LogP contribution in [0.15, 0.2) is 41.6 Å². The Morgan fingerprint density at radius 3 is 2.95 bits per heavy atom. The van der Waals surface area contributed by atoms with Crippen LogP contribution in [0.2, 0.25) is 0 Å². The smallest absolute Gasteiger partial charge is 0.255 e. The summed E-state index contributed by atoms with van der Waals surface area (Å²) >= 11 is 1.23. The Hall–Kier alpha value is -1.92. The molecule has 1 heterocycles. The number of nitrogens with zero attached hydrogens (tertiary/aromatic N) is 1. The van der Waals surface area contributed by atoms with Crippen LogP contribution in [-0.4, -0.2) is 22.3 Å². The number of rotatable bonds is 4. The van der Waals surface area contributed by atoms with E-state index in [-0.39, 0.29) is 18.3 Å². The SMILES string of the molecule is CSc1cc(C(=O)Nc2cnccc2CO)ccc1F. The maximum Gasteiger partial charge on any atom is 0.255 e. The highest BCUT2D eigenvalue weighted by Gasteiger charge is 2.11. The molecule has 0 radical (unpaired) electrons. The second kappa shape index (κ2) is 6.49. The molecule has 0 unspecified atom stereocenters. The number of aliphatic hydroxyl groups is 1. The zero-order chi connectivity index (χ0) is 14.5. The number of anilines is 1. The van der Waals surface area contributed by atoms with Crippen LogP contribution in [0.5, 0.6) is 0 Å². The minimum absolute atomic E-state index is 0.197. The Labute approximate surface area is 120 Å². The molecule has 1 aromatic carbocycles. The number of carbonyl (C=O) groups excluding carboxylic acids is 1. The maximum atomic E-state index is 13.4. The van der Waals surface area contributed by atoms with Crippen LogP contribution in [0.25, 0.3) is 0 Å². The maximum absolute atomic E-state index is 13.4. The molecule has 6 heteroatoms. The molecule has 2 aromatic rings. The summed E-state index contributed by atoms with van der Waals surface area (Å²) in [7, 11) is 0. The van der Waals surface area contributed by atoms with E-state index >= 15 is 0 Å². The summed E-state index contributed by atoms with van der Waals surface area (Å²) in [6.45, 7) is -0.197. The van der Waals surface area contributed by atoms with E-state index in [1.54, 1.807) is 12.3 Å². The molecule has 0 aliphatic carbocycles. The molecule has 0 aliphatic rings. The highest BCUT2D eigenvalue weighted by molar-refractivity contribution is 7.98. The van der Waals surface area contributed by atoms with Crippen molar-refractivity contribution < 1.29 is 14.3 Å². The normalized spacial score (nSPS) is 10.3. The molecule has 2 rings (SSSR count). The van der Waals surface area contributed by atoms with Gasteiger partial charge in [0.15, 0.2) is 0 Å². The zero-order valence-corrected chi connectivity index (χ0v) is 11.6. The van der Waals surface area contributed by atoms with Crippen molar-refractivity contribution in [3.8, 4) is 0 Å². The monoisotopic (exact) mass is 292 g/mol. The molecule has 104 valence electrons. The summed E-state index contributed by atoms with van der Waals surface area (Å²) in [5.74, 6) is -0.727. The van der Waals surface area contributed by atoms with Crippen molar-refractivity contribution in [2.45, 2.75) is 11.5 Å². The zero-order valence-electron chi connectivity index (χ0n) is 10.8. The molecule has 1 amide bonds. The number of aliphatic hydroxyl groups excluding tert-OH is 1. The van der Waals surface area contributed by atoms with Crippen molar-refractivity contribution in [2.24, 2.45) is 0 Å². The van der Waals surface area contributed by atoms with Gasteiger partial charge in [-0.1, -0.05) is 0 Å². The first-order valence-electron chi connectivity index (χ1n) is 5.84. The molecule has 0 bridgehead atoms. The molecule has 0 atom stereocenters. The van der Waals surface area contributed by atoms with E-state index in [1.807, 2.05) is 0 Å². The number of amides is 1. The van der Waals surface area contributed by atoms with Gasteiger partial charge in [-0.25, -0.2) is 4.39 Å². The molecule has 2 N–H and O–H groups in total. The summed E-state index contributed by atoms with van der Waals surface area (Å²) in [5.41, 5.74) is 1.36. The Kier molecular flexibility index (Phi) is 4.70. The van der Waals surface area contributed by atoms with Crippen molar-refractivity contribution in [1.82, 2.24) is 4.98 Å². The summed E-state index contributed by atoms with van der Waals surface area (Å²) in [4.78, 5) is 16.4. The first kappa shape index (κ1) is 14.5. The fourth-order valence-electron chi connectivity index (χ4n) is 1.67. The molecule has 0 fully saturated rings. The number of thioether (sulfide) groups is 1. The van der Waals surface area contributed by atoms with Gasteiger partial charge in [-0.3, -0.25) is 9.78 Å². The van der Waals surface area contributed by atoms with E-state index in [2.05, 4.69) is 10.3 Å². The van der Waals surface area contributed by atoms with Gasteiger partial charge in [-0.05, 0) is 30.5 Å². The van der Waals surface area contributed by atoms with Crippen LogP contribution < -0.4 is 5.32 Å². The fraction of sp³-hybridized carbons (Fsp3) is 0.143. The molecular formula is C14H13FN2O2S. The predicted octanol–water partition coefficient (Wildman–Crippen LogP) is 2.69. The van der Waals surface area contributed by atoms with E-state index in [1.165, 1.54) is 42.4 Å². The molecule has 20 heavy (non-hydrogen) atoms. The average molecular weight is 292 g/mol. The largest absolute Gasteiger partial charge is 0.392 e. The van der Waals surface area contributed by atoms with Crippen LogP contribution in [-0.2, 0) is 6.61 Å². The van der Waals surface area contributed by atoms with Crippen molar-refractivity contribution in [2.75, 3.05) is 11.6 Å². The van der Waals surface area contributed by atoms with Crippen molar-refractivity contribution in [1.29, 1.82) is 0 Å². The van der Waals surface area contributed by atoms with Crippen molar-refractivity contribution in [3.63, 3.8) is 0 Å². The lowest BCUT2D eigenvalue weighted by atomic mass is 10.2. The summed E-state index contributed by atoms with van der Waals surface area (Å²) in [6, 6.07) is 5.79. The minimum Gasteiger partial charge on any atom is -0.392 e. The average Bonchev–Trinajstić information content (AvgIpc) is 2.48. The van der Waals surface area contributed by atoms with Crippen molar-refractivity contribution >= 4 is 23.4 Å². The van der Waals surface area contributed by atoms with Gasteiger partial charge < -0.3 is 10.4 Å². The third-order valence-corrected chi connectivity index (χ3v) is 3.50. The number of carbonyl (C=O) groups is 1. The van der Waals surface area contributed by atoms with Gasteiger partial charge in [0.2, 0.25) is 0 Å². The van der Waals surface area contributed by atoms with E-state index in [9.17, 15) is 14.3 Å². The second-order valence-electron chi connectivity index (χ2n) is 3.99. The van der Waals surface area contributed by atoms with Crippen LogP contribution >= 0.6 is 11.8 Å². The number of pyridine rings is 1. The summed E-state index contributed by atoms with van der Waals surface area (Å²) < 4.78 is 13.4. The number of hydrogen-bond acceptors (Lipinski definition) is 4. The van der Waals surface area contributed by atoms with E-state index in [0.29, 0.717) is 21.7 Å². The van der Waals surface area contributed by atoms with Gasteiger partial charge in [0.05, 0.1) is 18.5 Å². The van der Waals surface area contributed by atoms with E-state index < -0.39 is 0 Å². The first-order valence-corrected chi connectivity index (χ1v) is 7.07. The molecule has 4 nitrogen and oxygen atoms in total. The van der Waals surface area contributed by atoms with E-state index in [4.69, 9.17) is 0 Å². The third kappa shape index (κ3) is 3.15. The topological polar surface area (TPSA) is 62.2 Å².